The van der Waals surface area contributed by atoms with Crippen molar-refractivity contribution in [3.63, 3.8) is 0 Å². The maximum Gasteiger partial charge on any atom is 0.229 e. The summed E-state index contributed by atoms with van der Waals surface area (Å²) in [6.07, 6.45) is 0.994. The molecule has 0 unspecified atom stereocenters. The molecule has 5 heteroatoms. The number of fused-ring (bicyclic) bond motifs is 1. The zero-order valence-corrected chi connectivity index (χ0v) is 12.3. The van der Waals surface area contributed by atoms with Crippen LogP contribution in [0.15, 0.2) is 48.5 Å². The number of nitrogens with one attached hydrogen (secondary N) is 2. The molecular weight excluding hydrogens is 279 g/mol. The smallest absolute Gasteiger partial charge is 0.229 e. The molecular formula is C17H17FN4. The van der Waals surface area contributed by atoms with E-state index in [0.29, 0.717) is 11.6 Å². The molecule has 0 aliphatic carbocycles. The fourth-order valence-corrected chi connectivity index (χ4v) is 2.19. The van der Waals surface area contributed by atoms with Crippen LogP contribution in [-0.4, -0.2) is 16.5 Å². The highest BCUT2D eigenvalue weighted by atomic mass is 19.1. The summed E-state index contributed by atoms with van der Waals surface area (Å²) in [5.41, 5.74) is 1.18. The first-order valence-electron chi connectivity index (χ1n) is 7.30. The predicted molar refractivity (Wildman–Crippen MR) is 88.0 cm³/mol. The lowest BCUT2D eigenvalue weighted by Gasteiger charge is -2.11. The molecule has 0 fully saturated rings. The van der Waals surface area contributed by atoms with Gasteiger partial charge in [-0.2, -0.15) is 4.98 Å². The summed E-state index contributed by atoms with van der Waals surface area (Å²) in [5, 5.41) is 7.19. The maximum atomic E-state index is 13.8. The Hall–Kier alpha value is -2.69. The summed E-state index contributed by atoms with van der Waals surface area (Å²) in [4.78, 5) is 8.93. The first-order chi connectivity index (χ1) is 10.8. The third-order valence-electron chi connectivity index (χ3n) is 3.27. The Balaban J connectivity index is 2.01. The monoisotopic (exact) mass is 296 g/mol. The quantitative estimate of drug-likeness (QED) is 0.735. The second-order valence-electron chi connectivity index (χ2n) is 4.94. The molecule has 0 bridgehead atoms. The van der Waals surface area contributed by atoms with Crippen molar-refractivity contribution in [2.75, 3.05) is 17.2 Å². The maximum absolute atomic E-state index is 13.8. The van der Waals surface area contributed by atoms with Crippen LogP contribution in [0.5, 0.6) is 0 Å². The second kappa shape index (κ2) is 6.39. The van der Waals surface area contributed by atoms with Crippen molar-refractivity contribution >= 4 is 28.4 Å². The van der Waals surface area contributed by atoms with E-state index in [1.165, 1.54) is 6.07 Å². The van der Waals surface area contributed by atoms with Gasteiger partial charge in [0.1, 0.15) is 11.6 Å². The summed E-state index contributed by atoms with van der Waals surface area (Å²) < 4.78 is 13.8. The predicted octanol–water partition coefficient (Wildman–Crippen LogP) is 4.33. The standard InChI is InChI=1S/C17H17FN4/c1-2-11-19-16-12-7-3-5-9-14(12)20-17(22-16)21-15-10-6-4-8-13(15)18/h3-10H,2,11H2,1H3,(H2,19,20,21,22). The zero-order chi connectivity index (χ0) is 15.4. The molecule has 0 amide bonds. The molecule has 22 heavy (non-hydrogen) atoms. The Bertz CT molecular complexity index is 788. The zero-order valence-electron chi connectivity index (χ0n) is 12.3. The number of benzene rings is 2. The van der Waals surface area contributed by atoms with Gasteiger partial charge >= 0.3 is 0 Å². The Kier molecular flexibility index (Phi) is 4.14. The molecule has 0 saturated carbocycles. The Labute approximate surface area is 128 Å². The van der Waals surface area contributed by atoms with Crippen molar-refractivity contribution in [2.45, 2.75) is 13.3 Å². The van der Waals surface area contributed by atoms with Crippen molar-refractivity contribution in [3.05, 3.63) is 54.3 Å². The SMILES string of the molecule is CCCNc1nc(Nc2ccccc2F)nc2ccccc12. The summed E-state index contributed by atoms with van der Waals surface area (Å²) in [6, 6.07) is 14.2. The summed E-state index contributed by atoms with van der Waals surface area (Å²) in [6.45, 7) is 2.91. The fourth-order valence-electron chi connectivity index (χ4n) is 2.19. The van der Waals surface area contributed by atoms with Crippen LogP contribution in [0.2, 0.25) is 0 Å². The van der Waals surface area contributed by atoms with Crippen LogP contribution in [0.4, 0.5) is 21.8 Å². The van der Waals surface area contributed by atoms with Gasteiger partial charge in [-0.05, 0) is 30.7 Å². The number of anilines is 3. The first kappa shape index (κ1) is 14.3. The van der Waals surface area contributed by atoms with E-state index in [4.69, 9.17) is 0 Å². The molecule has 0 radical (unpaired) electrons. The highest BCUT2D eigenvalue weighted by Crippen LogP contribution is 2.24. The number of para-hydroxylation sites is 2. The third kappa shape index (κ3) is 2.98. The molecule has 0 atom stereocenters. The van der Waals surface area contributed by atoms with Gasteiger partial charge in [0.15, 0.2) is 0 Å². The lowest BCUT2D eigenvalue weighted by Crippen LogP contribution is -2.06. The van der Waals surface area contributed by atoms with Crippen LogP contribution in [0.25, 0.3) is 10.9 Å². The average Bonchev–Trinajstić information content (AvgIpc) is 2.55. The highest BCUT2D eigenvalue weighted by Gasteiger charge is 2.08. The molecule has 4 nitrogen and oxygen atoms in total. The fraction of sp³-hybridized carbons (Fsp3) is 0.176. The molecule has 112 valence electrons. The van der Waals surface area contributed by atoms with Gasteiger partial charge in [0, 0.05) is 11.9 Å². The van der Waals surface area contributed by atoms with Gasteiger partial charge in [-0.15, -0.1) is 0 Å². The van der Waals surface area contributed by atoms with E-state index in [1.807, 2.05) is 24.3 Å². The van der Waals surface area contributed by atoms with Gasteiger partial charge in [-0.25, -0.2) is 9.37 Å². The number of hydrogen-bond donors (Lipinski definition) is 2. The second-order valence-corrected chi connectivity index (χ2v) is 4.94. The van der Waals surface area contributed by atoms with E-state index < -0.39 is 0 Å². The van der Waals surface area contributed by atoms with E-state index in [0.717, 1.165) is 29.7 Å². The molecule has 3 aromatic rings. The highest BCUT2D eigenvalue weighted by molar-refractivity contribution is 5.90. The molecule has 0 saturated heterocycles. The molecule has 0 aliphatic heterocycles. The largest absolute Gasteiger partial charge is 0.369 e. The Morgan fingerprint density at radius 2 is 1.77 bits per heavy atom. The van der Waals surface area contributed by atoms with E-state index in [-0.39, 0.29) is 5.82 Å². The number of hydrogen-bond acceptors (Lipinski definition) is 4. The van der Waals surface area contributed by atoms with Crippen LogP contribution in [0, 0.1) is 5.82 Å². The van der Waals surface area contributed by atoms with Gasteiger partial charge in [-0.1, -0.05) is 31.2 Å². The van der Waals surface area contributed by atoms with Crippen molar-refractivity contribution in [1.82, 2.24) is 9.97 Å². The summed E-state index contributed by atoms with van der Waals surface area (Å²) >= 11 is 0. The van der Waals surface area contributed by atoms with Crippen molar-refractivity contribution < 1.29 is 4.39 Å². The van der Waals surface area contributed by atoms with Crippen LogP contribution in [-0.2, 0) is 0 Å². The molecule has 0 spiro atoms. The van der Waals surface area contributed by atoms with Crippen LogP contribution in [0.3, 0.4) is 0 Å². The average molecular weight is 296 g/mol. The molecule has 2 N–H and O–H groups in total. The lowest BCUT2D eigenvalue weighted by atomic mass is 10.2. The normalized spacial score (nSPS) is 10.6. The Morgan fingerprint density at radius 3 is 2.59 bits per heavy atom. The van der Waals surface area contributed by atoms with Crippen molar-refractivity contribution in [3.8, 4) is 0 Å². The summed E-state index contributed by atoms with van der Waals surface area (Å²) in [5.74, 6) is 0.802. The minimum atomic E-state index is -0.331. The van der Waals surface area contributed by atoms with Gasteiger partial charge in [0.2, 0.25) is 5.95 Å². The van der Waals surface area contributed by atoms with Crippen LogP contribution >= 0.6 is 0 Å². The van der Waals surface area contributed by atoms with E-state index in [9.17, 15) is 4.39 Å². The van der Waals surface area contributed by atoms with Gasteiger partial charge in [0.25, 0.3) is 0 Å². The molecule has 2 aromatic carbocycles. The van der Waals surface area contributed by atoms with Crippen LogP contribution in [0.1, 0.15) is 13.3 Å². The van der Waals surface area contributed by atoms with Gasteiger partial charge in [0.05, 0.1) is 11.2 Å². The third-order valence-corrected chi connectivity index (χ3v) is 3.27. The van der Waals surface area contributed by atoms with Crippen molar-refractivity contribution in [1.29, 1.82) is 0 Å². The van der Waals surface area contributed by atoms with Gasteiger partial charge < -0.3 is 10.6 Å². The number of nitrogens with zero attached hydrogens (tertiary/aromatic N) is 2. The Morgan fingerprint density at radius 1 is 1.00 bits per heavy atom. The van der Waals surface area contributed by atoms with E-state index in [1.54, 1.807) is 18.2 Å². The number of aromatic nitrogens is 2. The van der Waals surface area contributed by atoms with E-state index >= 15 is 0 Å². The first-order valence-corrected chi connectivity index (χ1v) is 7.30. The van der Waals surface area contributed by atoms with Crippen molar-refractivity contribution in [2.24, 2.45) is 0 Å². The number of rotatable bonds is 5. The molecule has 1 heterocycles. The number of halogens is 1. The lowest BCUT2D eigenvalue weighted by molar-refractivity contribution is 0.631. The molecule has 3 rings (SSSR count). The molecule has 1 aromatic heterocycles. The topological polar surface area (TPSA) is 49.8 Å². The van der Waals surface area contributed by atoms with Gasteiger partial charge in [-0.3, -0.25) is 0 Å². The molecule has 0 aliphatic rings. The summed E-state index contributed by atoms with van der Waals surface area (Å²) in [7, 11) is 0. The minimum Gasteiger partial charge on any atom is -0.369 e. The van der Waals surface area contributed by atoms with E-state index in [2.05, 4.69) is 27.5 Å². The van der Waals surface area contributed by atoms with Crippen LogP contribution < -0.4 is 10.6 Å². The minimum absolute atomic E-state index is 0.331.